The van der Waals surface area contributed by atoms with Crippen molar-refractivity contribution in [3.63, 3.8) is 0 Å². The highest BCUT2D eigenvalue weighted by Crippen LogP contribution is 1.68. The van der Waals surface area contributed by atoms with Crippen LogP contribution in [0.3, 0.4) is 0 Å². The van der Waals surface area contributed by atoms with Gasteiger partial charge in [0.1, 0.15) is 0 Å². The van der Waals surface area contributed by atoms with E-state index < -0.39 is 6.10 Å². The van der Waals surface area contributed by atoms with Crippen LogP contribution in [-0.2, 0) is 4.74 Å². The normalized spacial score (nSPS) is 10.4. The Labute approximate surface area is 79.6 Å². The molecule has 5 heteroatoms. The molecule has 0 heterocycles. The first-order valence-corrected chi connectivity index (χ1v) is 4.10. The molecule has 1 atom stereocenters. The zero-order valence-corrected chi connectivity index (χ0v) is 8.60. The second kappa shape index (κ2) is 22.6. The molecule has 1 unspecified atom stereocenters. The molecule has 0 rings (SSSR count). The van der Waals surface area contributed by atoms with Crippen LogP contribution in [0.25, 0.3) is 0 Å². The molecule has 4 N–H and O–H groups in total. The fourth-order valence-electron chi connectivity index (χ4n) is 0. The van der Waals surface area contributed by atoms with Crippen molar-refractivity contribution in [2.45, 2.75) is 20.0 Å². The Hall–Kier alpha value is -0.200. The van der Waals surface area contributed by atoms with Gasteiger partial charge < -0.3 is 25.2 Å². The standard InChI is InChI=1S/C3H8O2.C3H8O.C2H6O2/c1-3(5)2-4;1-3-4-2;3-1-2-4/h3-5H,2H2,1H3;3H2,1-2H3;3-4H,1-2H2. The monoisotopic (exact) mass is 198 g/mol. The van der Waals surface area contributed by atoms with E-state index in [4.69, 9.17) is 20.4 Å². The van der Waals surface area contributed by atoms with Crippen molar-refractivity contribution in [1.82, 2.24) is 0 Å². The quantitative estimate of drug-likeness (QED) is 0.466. The van der Waals surface area contributed by atoms with E-state index in [9.17, 15) is 0 Å². The summed E-state index contributed by atoms with van der Waals surface area (Å²) in [4.78, 5) is 0. The molecule has 0 aliphatic carbocycles. The SMILES string of the molecule is CC(O)CO.CCOC.OCCO. The number of ether oxygens (including phenoxy) is 1. The molecule has 0 saturated heterocycles. The zero-order valence-electron chi connectivity index (χ0n) is 8.60. The maximum atomic E-state index is 8.11. The molecular formula is C8H22O5. The Morgan fingerprint density at radius 1 is 1.15 bits per heavy atom. The molecule has 0 fully saturated rings. The molecule has 84 valence electrons. The molecular weight excluding hydrogens is 176 g/mol. The summed E-state index contributed by atoms with van der Waals surface area (Å²) >= 11 is 0. The van der Waals surface area contributed by atoms with Crippen molar-refractivity contribution in [3.8, 4) is 0 Å². The summed E-state index contributed by atoms with van der Waals surface area (Å²) in [6, 6.07) is 0. The molecule has 0 aromatic rings. The fraction of sp³-hybridized carbons (Fsp3) is 1.00. The van der Waals surface area contributed by atoms with Crippen LogP contribution < -0.4 is 0 Å². The van der Waals surface area contributed by atoms with E-state index in [1.54, 1.807) is 7.11 Å². The Balaban J connectivity index is -0.000000117. The van der Waals surface area contributed by atoms with Gasteiger partial charge in [-0.3, -0.25) is 0 Å². The van der Waals surface area contributed by atoms with Crippen LogP contribution in [0.4, 0.5) is 0 Å². The van der Waals surface area contributed by atoms with E-state index in [-0.39, 0.29) is 19.8 Å². The van der Waals surface area contributed by atoms with Crippen LogP contribution in [-0.4, -0.2) is 60.1 Å². The van der Waals surface area contributed by atoms with Crippen LogP contribution >= 0.6 is 0 Å². The number of aliphatic hydroxyl groups is 4. The molecule has 0 aliphatic heterocycles. The van der Waals surface area contributed by atoms with E-state index in [0.29, 0.717) is 0 Å². The van der Waals surface area contributed by atoms with Gasteiger partial charge in [0.05, 0.1) is 25.9 Å². The Morgan fingerprint density at radius 2 is 1.38 bits per heavy atom. The van der Waals surface area contributed by atoms with Gasteiger partial charge in [0.25, 0.3) is 0 Å². The van der Waals surface area contributed by atoms with E-state index in [2.05, 4.69) is 4.74 Å². The molecule has 0 spiro atoms. The molecule has 0 bridgehead atoms. The lowest BCUT2D eigenvalue weighted by molar-refractivity contribution is 0.110. The molecule has 0 aromatic heterocycles. The highest BCUT2D eigenvalue weighted by Gasteiger charge is 1.83. The van der Waals surface area contributed by atoms with Gasteiger partial charge in [0.15, 0.2) is 0 Å². The first-order chi connectivity index (χ1) is 6.10. The third kappa shape index (κ3) is 78.5. The van der Waals surface area contributed by atoms with Gasteiger partial charge in [0.2, 0.25) is 0 Å². The molecule has 0 aromatic carbocycles. The number of rotatable bonds is 3. The van der Waals surface area contributed by atoms with Gasteiger partial charge in [-0.15, -0.1) is 0 Å². The minimum Gasteiger partial charge on any atom is -0.394 e. The maximum absolute atomic E-state index is 8.11. The molecule has 0 saturated carbocycles. The summed E-state index contributed by atoms with van der Waals surface area (Å²) in [5.74, 6) is 0. The average molecular weight is 198 g/mol. The molecule has 0 amide bonds. The molecule has 0 radical (unpaired) electrons. The summed E-state index contributed by atoms with van der Waals surface area (Å²) in [6.07, 6.45) is -0.560. The smallest absolute Gasteiger partial charge is 0.0742 e. The molecule has 0 aliphatic rings. The predicted octanol–water partition coefficient (Wildman–Crippen LogP) is -1.02. The first-order valence-electron chi connectivity index (χ1n) is 4.10. The van der Waals surface area contributed by atoms with Gasteiger partial charge in [-0.05, 0) is 13.8 Å². The van der Waals surface area contributed by atoms with Gasteiger partial charge in [-0.2, -0.15) is 0 Å². The number of aliphatic hydroxyl groups excluding tert-OH is 4. The summed E-state index contributed by atoms with van der Waals surface area (Å²) in [5, 5.41) is 31.3. The Bertz CT molecular complexity index is 50.5. The second-order valence-electron chi connectivity index (χ2n) is 2.06. The Kier molecular flexibility index (Phi) is 32.3. The minimum atomic E-state index is -0.560. The van der Waals surface area contributed by atoms with Gasteiger partial charge in [0, 0.05) is 13.7 Å². The zero-order chi connectivity index (χ0) is 11.1. The number of hydrogen-bond acceptors (Lipinski definition) is 5. The van der Waals surface area contributed by atoms with Crippen LogP contribution in [0.2, 0.25) is 0 Å². The summed E-state index contributed by atoms with van der Waals surface area (Å²) in [7, 11) is 1.68. The van der Waals surface area contributed by atoms with Gasteiger partial charge in [-0.1, -0.05) is 0 Å². The third-order valence-corrected chi connectivity index (χ3v) is 0.653. The number of methoxy groups -OCH3 is 1. The van der Waals surface area contributed by atoms with E-state index >= 15 is 0 Å². The predicted molar refractivity (Wildman–Crippen MR) is 50.5 cm³/mol. The lowest BCUT2D eigenvalue weighted by atomic mass is 10.5. The minimum absolute atomic E-state index is 0.125. The van der Waals surface area contributed by atoms with Crippen LogP contribution in [0.5, 0.6) is 0 Å². The Morgan fingerprint density at radius 3 is 1.38 bits per heavy atom. The third-order valence-electron chi connectivity index (χ3n) is 0.653. The van der Waals surface area contributed by atoms with Gasteiger partial charge in [-0.25, -0.2) is 0 Å². The first kappa shape index (κ1) is 18.6. The highest BCUT2D eigenvalue weighted by molar-refractivity contribution is 4.34. The van der Waals surface area contributed by atoms with Gasteiger partial charge >= 0.3 is 0 Å². The topological polar surface area (TPSA) is 90.2 Å². The van der Waals surface area contributed by atoms with Crippen molar-refractivity contribution >= 4 is 0 Å². The van der Waals surface area contributed by atoms with Crippen LogP contribution in [0.1, 0.15) is 13.8 Å². The van der Waals surface area contributed by atoms with Crippen molar-refractivity contribution in [1.29, 1.82) is 0 Å². The van der Waals surface area contributed by atoms with Crippen molar-refractivity contribution < 1.29 is 25.2 Å². The lowest BCUT2D eigenvalue weighted by Gasteiger charge is -1.90. The summed E-state index contributed by atoms with van der Waals surface area (Å²) < 4.78 is 4.54. The highest BCUT2D eigenvalue weighted by atomic mass is 16.5. The number of hydrogen-bond donors (Lipinski definition) is 4. The summed E-state index contributed by atoms with van der Waals surface area (Å²) in [5.41, 5.74) is 0. The van der Waals surface area contributed by atoms with E-state index in [1.165, 1.54) is 6.92 Å². The second-order valence-corrected chi connectivity index (χ2v) is 2.06. The van der Waals surface area contributed by atoms with Crippen molar-refractivity contribution in [2.24, 2.45) is 0 Å². The average Bonchev–Trinajstić information content (AvgIpc) is 2.18. The molecule has 5 nitrogen and oxygen atoms in total. The lowest BCUT2D eigenvalue weighted by Crippen LogP contribution is -2.03. The summed E-state index contributed by atoms with van der Waals surface area (Å²) in [6.45, 7) is 3.92. The van der Waals surface area contributed by atoms with E-state index in [0.717, 1.165) is 6.61 Å². The fourth-order valence-corrected chi connectivity index (χ4v) is 0. The van der Waals surface area contributed by atoms with Crippen molar-refractivity contribution in [2.75, 3.05) is 33.5 Å². The maximum Gasteiger partial charge on any atom is 0.0742 e. The van der Waals surface area contributed by atoms with Crippen LogP contribution in [0.15, 0.2) is 0 Å². The van der Waals surface area contributed by atoms with Crippen LogP contribution in [0, 0.1) is 0 Å². The molecule has 13 heavy (non-hydrogen) atoms. The van der Waals surface area contributed by atoms with E-state index in [1.807, 2.05) is 6.92 Å². The van der Waals surface area contributed by atoms with Crippen molar-refractivity contribution in [3.05, 3.63) is 0 Å². The largest absolute Gasteiger partial charge is 0.394 e.